The Morgan fingerprint density at radius 3 is 2.71 bits per heavy atom. The van der Waals surface area contributed by atoms with E-state index in [9.17, 15) is 18.0 Å². The highest BCUT2D eigenvalue weighted by Gasteiger charge is 2.37. The van der Waals surface area contributed by atoms with Crippen molar-refractivity contribution < 1.29 is 27.4 Å². The zero-order chi connectivity index (χ0) is 29.0. The topological polar surface area (TPSA) is 87.8 Å². The number of ether oxygens (including phenoxy) is 2. The van der Waals surface area contributed by atoms with Crippen molar-refractivity contribution in [2.24, 2.45) is 0 Å². The minimum Gasteiger partial charge on any atom is -0.452 e. The summed E-state index contributed by atoms with van der Waals surface area (Å²) in [6.07, 6.45) is 1.83. The van der Waals surface area contributed by atoms with Crippen LogP contribution in [-0.2, 0) is 24.3 Å². The van der Waals surface area contributed by atoms with Crippen molar-refractivity contribution >= 4 is 23.6 Å². The van der Waals surface area contributed by atoms with Crippen LogP contribution in [0.1, 0.15) is 28.8 Å². The largest absolute Gasteiger partial charge is 0.573 e. The third-order valence-corrected chi connectivity index (χ3v) is 6.78. The summed E-state index contributed by atoms with van der Waals surface area (Å²) in [4.78, 5) is 19.8. The fourth-order valence-electron chi connectivity index (χ4n) is 4.68. The molecule has 8 nitrogen and oxygen atoms in total. The van der Waals surface area contributed by atoms with Crippen LogP contribution >= 0.6 is 11.6 Å². The maximum Gasteiger partial charge on any atom is 0.573 e. The van der Waals surface area contributed by atoms with Gasteiger partial charge in [0.2, 0.25) is 0 Å². The second kappa shape index (κ2) is 12.0. The van der Waals surface area contributed by atoms with Gasteiger partial charge in [0, 0.05) is 48.7 Å². The number of alkyl halides is 3. The molecule has 1 aromatic heterocycles. The first-order chi connectivity index (χ1) is 19.7. The number of hydrogen-bond donors (Lipinski definition) is 3. The van der Waals surface area contributed by atoms with Gasteiger partial charge in [-0.25, -0.2) is 0 Å². The van der Waals surface area contributed by atoms with Gasteiger partial charge in [0.05, 0.1) is 0 Å². The third kappa shape index (κ3) is 6.86. The van der Waals surface area contributed by atoms with E-state index >= 15 is 0 Å². The molecule has 1 unspecified atom stereocenters. The molecular weight excluding hydrogens is 559 g/mol. The number of nitrogens with zero attached hydrogens (tertiary/aromatic N) is 2. The number of amides is 1. The highest BCUT2D eigenvalue weighted by molar-refractivity contribution is 6.30. The molecular formula is C29H27ClF3N5O3. The molecule has 0 radical (unpaired) electrons. The molecule has 5 rings (SSSR count). The minimum absolute atomic E-state index is 0.109. The van der Waals surface area contributed by atoms with Crippen LogP contribution in [0.3, 0.4) is 0 Å². The lowest BCUT2D eigenvalue weighted by atomic mass is 9.98. The van der Waals surface area contributed by atoms with Crippen LogP contribution in [0.25, 0.3) is 6.08 Å². The van der Waals surface area contributed by atoms with E-state index in [1.807, 2.05) is 24.3 Å². The Morgan fingerprint density at radius 2 is 1.95 bits per heavy atom. The van der Waals surface area contributed by atoms with Gasteiger partial charge in [-0.15, -0.1) is 13.2 Å². The molecule has 1 aliphatic heterocycles. The number of pyridine rings is 1. The van der Waals surface area contributed by atoms with Crippen LogP contribution in [0.5, 0.6) is 11.5 Å². The maximum atomic E-state index is 13.7. The monoisotopic (exact) mass is 585 g/mol. The summed E-state index contributed by atoms with van der Waals surface area (Å²) in [5.41, 5.74) is 4.04. The molecule has 0 bridgehead atoms. The summed E-state index contributed by atoms with van der Waals surface area (Å²) in [6.45, 7) is 0.501. The Bertz CT molecular complexity index is 1480. The molecule has 1 aliphatic carbocycles. The number of hydrogen-bond acceptors (Lipinski definition) is 7. The number of rotatable bonds is 9. The van der Waals surface area contributed by atoms with Crippen LogP contribution in [-0.4, -0.2) is 35.6 Å². The average molecular weight is 586 g/mol. The molecule has 2 aliphatic rings. The summed E-state index contributed by atoms with van der Waals surface area (Å²) in [6, 6.07) is 14.2. The molecule has 0 saturated heterocycles. The lowest BCUT2D eigenvalue weighted by Gasteiger charge is -2.28. The second-order valence-corrected chi connectivity index (χ2v) is 9.76. The van der Waals surface area contributed by atoms with E-state index in [1.54, 1.807) is 30.3 Å². The van der Waals surface area contributed by atoms with E-state index in [0.29, 0.717) is 10.8 Å². The van der Waals surface area contributed by atoms with Gasteiger partial charge in [-0.2, -0.15) is 0 Å². The minimum atomic E-state index is -4.85. The Hall–Kier alpha value is -4.38. The summed E-state index contributed by atoms with van der Waals surface area (Å²) in [7, 11) is 1.65. The second-order valence-electron chi connectivity index (χ2n) is 9.32. The Balaban J connectivity index is 1.40. The van der Waals surface area contributed by atoms with Crippen LogP contribution in [0, 0.1) is 0 Å². The number of carbonyl (C=O) groups is 1. The van der Waals surface area contributed by atoms with Gasteiger partial charge in [-0.05, 0) is 54.3 Å². The first kappa shape index (κ1) is 28.2. The number of aryl methyl sites for hydroxylation is 1. The number of halogens is 4. The molecule has 0 fully saturated rings. The fraction of sp³-hybridized carbons (Fsp3) is 0.241. The van der Waals surface area contributed by atoms with Crippen LogP contribution in [0.15, 0.2) is 78.4 Å². The highest BCUT2D eigenvalue weighted by atomic mass is 35.5. The molecule has 3 aromatic rings. The smallest absolute Gasteiger partial charge is 0.452 e. The molecule has 3 N–H and O–H groups in total. The molecule has 41 heavy (non-hydrogen) atoms. The SMILES string of the molecule is CNC1=C(C(=O)NCc2ccnc3c2C=CCC3)N(Cc2ccc(Cl)cc2)C(Oc2cccc(OC(F)(F)F)c2)N1. The van der Waals surface area contributed by atoms with Gasteiger partial charge in [0.25, 0.3) is 12.3 Å². The predicted molar refractivity (Wildman–Crippen MR) is 147 cm³/mol. The van der Waals surface area contributed by atoms with Crippen LogP contribution < -0.4 is 25.4 Å². The number of benzene rings is 2. The first-order valence-electron chi connectivity index (χ1n) is 12.8. The molecule has 0 spiro atoms. The van der Waals surface area contributed by atoms with Gasteiger partial charge >= 0.3 is 6.36 Å². The zero-order valence-corrected chi connectivity index (χ0v) is 22.7. The van der Waals surface area contributed by atoms with Crippen molar-refractivity contribution in [1.29, 1.82) is 0 Å². The van der Waals surface area contributed by atoms with E-state index in [-0.39, 0.29) is 30.4 Å². The summed E-state index contributed by atoms with van der Waals surface area (Å²) in [5.74, 6) is -0.299. The van der Waals surface area contributed by atoms with Gasteiger partial charge in [0.1, 0.15) is 23.0 Å². The lowest BCUT2D eigenvalue weighted by Crippen LogP contribution is -2.44. The number of nitrogens with one attached hydrogen (secondary N) is 3. The fourth-order valence-corrected chi connectivity index (χ4v) is 4.81. The zero-order valence-electron chi connectivity index (χ0n) is 22.0. The van der Waals surface area contributed by atoms with Gasteiger partial charge in [0.15, 0.2) is 0 Å². The highest BCUT2D eigenvalue weighted by Crippen LogP contribution is 2.30. The molecule has 1 amide bonds. The van der Waals surface area contributed by atoms with Crippen LogP contribution in [0.4, 0.5) is 13.2 Å². The molecule has 2 heterocycles. The number of allylic oxidation sites excluding steroid dienone is 1. The van der Waals surface area contributed by atoms with E-state index in [2.05, 4.69) is 31.7 Å². The molecule has 214 valence electrons. The Kier molecular flexibility index (Phi) is 8.25. The molecule has 1 atom stereocenters. The number of carbonyl (C=O) groups excluding carboxylic acids is 1. The molecule has 12 heteroatoms. The summed E-state index contributed by atoms with van der Waals surface area (Å²) < 4.78 is 48.4. The van der Waals surface area contributed by atoms with Crippen molar-refractivity contribution in [3.63, 3.8) is 0 Å². The van der Waals surface area contributed by atoms with Gasteiger partial charge < -0.3 is 30.3 Å². The maximum absolute atomic E-state index is 13.7. The molecule has 0 saturated carbocycles. The Labute approximate surface area is 239 Å². The first-order valence-corrected chi connectivity index (χ1v) is 13.2. The van der Waals surface area contributed by atoms with Crippen molar-refractivity contribution in [2.45, 2.75) is 38.6 Å². The van der Waals surface area contributed by atoms with Crippen molar-refractivity contribution in [2.75, 3.05) is 7.05 Å². The van der Waals surface area contributed by atoms with E-state index in [4.69, 9.17) is 16.3 Å². The van der Waals surface area contributed by atoms with E-state index in [0.717, 1.165) is 41.3 Å². The van der Waals surface area contributed by atoms with Crippen molar-refractivity contribution in [3.8, 4) is 11.5 Å². The number of fused-ring (bicyclic) bond motifs is 1. The average Bonchev–Trinajstić information content (AvgIpc) is 3.28. The van der Waals surface area contributed by atoms with Crippen LogP contribution in [0.2, 0.25) is 5.02 Å². The van der Waals surface area contributed by atoms with Crippen molar-refractivity contribution in [3.05, 3.63) is 106 Å². The van der Waals surface area contributed by atoms with Gasteiger partial charge in [-0.1, -0.05) is 42.0 Å². The van der Waals surface area contributed by atoms with E-state index < -0.39 is 18.5 Å². The normalized spacial score (nSPS) is 16.2. The summed E-state index contributed by atoms with van der Waals surface area (Å²) >= 11 is 6.06. The van der Waals surface area contributed by atoms with E-state index in [1.165, 1.54) is 18.2 Å². The third-order valence-electron chi connectivity index (χ3n) is 6.53. The van der Waals surface area contributed by atoms with Gasteiger partial charge in [-0.3, -0.25) is 9.78 Å². The number of aromatic nitrogens is 1. The lowest BCUT2D eigenvalue weighted by molar-refractivity contribution is -0.274. The quantitative estimate of drug-likeness (QED) is 0.323. The standard InChI is InChI=1S/C29H27ClF3N5O3/c1-34-26-25(27(39)36-16-19-13-14-35-24-8-3-2-7-23(19)24)38(17-18-9-11-20(30)12-10-18)28(37-26)40-21-5-4-6-22(15-21)41-29(31,32)33/h2,4-7,9-15,28,34,37H,3,8,16-17H2,1H3,(H,36,39). The summed E-state index contributed by atoms with van der Waals surface area (Å²) in [5, 5.41) is 9.67. The Morgan fingerprint density at radius 1 is 1.17 bits per heavy atom. The van der Waals surface area contributed by atoms with Crippen molar-refractivity contribution in [1.82, 2.24) is 25.8 Å². The predicted octanol–water partition coefficient (Wildman–Crippen LogP) is 5.07. The molecule has 2 aromatic carbocycles.